The normalized spacial score (nSPS) is 14.0. The lowest BCUT2D eigenvalue weighted by Crippen LogP contribution is -1.99. The molecular formula is C22H34O3. The summed E-state index contributed by atoms with van der Waals surface area (Å²) in [7, 11) is 0. The number of aliphatic hydroxyl groups excluding tert-OH is 1. The molecule has 1 unspecified atom stereocenters. The SMILES string of the molecule is CCCCC/C=C\C/C=C\C/C=C\C=C\C(O)C/C=C\CCC(=O)O. The molecule has 0 spiro atoms. The van der Waals surface area contributed by atoms with Crippen LogP contribution in [0.3, 0.4) is 0 Å². The quantitative estimate of drug-likeness (QED) is 0.226. The predicted octanol–water partition coefficient (Wildman–Crippen LogP) is 5.74. The van der Waals surface area contributed by atoms with Gasteiger partial charge >= 0.3 is 5.97 Å². The van der Waals surface area contributed by atoms with Crippen molar-refractivity contribution >= 4 is 5.97 Å². The van der Waals surface area contributed by atoms with Crippen molar-refractivity contribution in [2.24, 2.45) is 0 Å². The molecule has 3 nitrogen and oxygen atoms in total. The number of aliphatic hydroxyl groups is 1. The maximum atomic E-state index is 10.3. The van der Waals surface area contributed by atoms with Crippen LogP contribution >= 0.6 is 0 Å². The molecule has 0 aromatic rings. The van der Waals surface area contributed by atoms with Gasteiger partial charge in [-0.1, -0.05) is 80.5 Å². The Hall–Kier alpha value is -1.87. The number of hydrogen-bond acceptors (Lipinski definition) is 2. The fourth-order valence-electron chi connectivity index (χ4n) is 2.06. The Kier molecular flexibility index (Phi) is 17.1. The van der Waals surface area contributed by atoms with Gasteiger partial charge in [-0.25, -0.2) is 0 Å². The largest absolute Gasteiger partial charge is 0.481 e. The molecule has 0 aromatic carbocycles. The van der Waals surface area contributed by atoms with Gasteiger partial charge in [0.05, 0.1) is 6.10 Å². The molecule has 0 aliphatic heterocycles. The van der Waals surface area contributed by atoms with Gasteiger partial charge in [0.1, 0.15) is 0 Å². The molecule has 1 atom stereocenters. The van der Waals surface area contributed by atoms with E-state index in [1.54, 1.807) is 12.2 Å². The van der Waals surface area contributed by atoms with Crippen LogP contribution in [0.2, 0.25) is 0 Å². The number of hydrogen-bond donors (Lipinski definition) is 2. The van der Waals surface area contributed by atoms with E-state index in [0.717, 1.165) is 12.8 Å². The summed E-state index contributed by atoms with van der Waals surface area (Å²) in [4.78, 5) is 10.3. The average molecular weight is 347 g/mol. The van der Waals surface area contributed by atoms with E-state index in [1.165, 1.54) is 25.7 Å². The first kappa shape index (κ1) is 23.1. The zero-order chi connectivity index (χ0) is 18.6. The number of carboxylic acid groups (broad SMARTS) is 1. The molecule has 0 aliphatic carbocycles. The van der Waals surface area contributed by atoms with E-state index in [-0.39, 0.29) is 6.42 Å². The van der Waals surface area contributed by atoms with Crippen LogP contribution in [0.4, 0.5) is 0 Å². The van der Waals surface area contributed by atoms with Crippen LogP contribution in [0.5, 0.6) is 0 Å². The van der Waals surface area contributed by atoms with Gasteiger partial charge in [0, 0.05) is 6.42 Å². The third-order valence-electron chi connectivity index (χ3n) is 3.50. The topological polar surface area (TPSA) is 57.5 Å². The molecule has 25 heavy (non-hydrogen) atoms. The number of rotatable bonds is 15. The average Bonchev–Trinajstić information content (AvgIpc) is 2.58. The lowest BCUT2D eigenvalue weighted by Gasteiger charge is -1.98. The van der Waals surface area contributed by atoms with E-state index < -0.39 is 12.1 Å². The minimum atomic E-state index is -0.799. The second-order valence-corrected chi connectivity index (χ2v) is 5.93. The maximum absolute atomic E-state index is 10.3. The number of aliphatic carboxylic acids is 1. The van der Waals surface area contributed by atoms with Crippen LogP contribution in [-0.2, 0) is 4.79 Å². The smallest absolute Gasteiger partial charge is 0.303 e. The number of carboxylic acids is 1. The van der Waals surface area contributed by atoms with E-state index in [4.69, 9.17) is 5.11 Å². The van der Waals surface area contributed by atoms with E-state index in [9.17, 15) is 9.90 Å². The van der Waals surface area contributed by atoms with E-state index in [1.807, 2.05) is 24.3 Å². The molecule has 0 saturated heterocycles. The lowest BCUT2D eigenvalue weighted by molar-refractivity contribution is -0.136. The molecule has 0 aromatic heterocycles. The summed E-state index contributed by atoms with van der Waals surface area (Å²) in [5.74, 6) is -0.799. The van der Waals surface area contributed by atoms with Crippen molar-refractivity contribution in [3.05, 3.63) is 60.8 Å². The van der Waals surface area contributed by atoms with Crippen molar-refractivity contribution in [2.75, 3.05) is 0 Å². The molecule has 0 amide bonds. The van der Waals surface area contributed by atoms with Crippen molar-refractivity contribution in [3.8, 4) is 0 Å². The monoisotopic (exact) mass is 346 g/mol. The van der Waals surface area contributed by atoms with Gasteiger partial charge in [-0.3, -0.25) is 4.79 Å². The van der Waals surface area contributed by atoms with Crippen molar-refractivity contribution in [1.29, 1.82) is 0 Å². The Morgan fingerprint density at radius 3 is 2.28 bits per heavy atom. The fraction of sp³-hybridized carbons (Fsp3) is 0.500. The molecule has 0 fully saturated rings. The van der Waals surface area contributed by atoms with E-state index in [2.05, 4.69) is 31.2 Å². The predicted molar refractivity (Wildman–Crippen MR) is 107 cm³/mol. The summed E-state index contributed by atoms with van der Waals surface area (Å²) in [6.07, 6.45) is 27.5. The Morgan fingerprint density at radius 2 is 1.56 bits per heavy atom. The highest BCUT2D eigenvalue weighted by molar-refractivity contribution is 5.66. The van der Waals surface area contributed by atoms with Crippen LogP contribution in [0.25, 0.3) is 0 Å². The zero-order valence-corrected chi connectivity index (χ0v) is 15.5. The summed E-state index contributed by atoms with van der Waals surface area (Å²) in [5, 5.41) is 18.2. The first-order valence-electron chi connectivity index (χ1n) is 9.35. The fourth-order valence-corrected chi connectivity index (χ4v) is 2.06. The first-order valence-corrected chi connectivity index (χ1v) is 9.35. The molecule has 0 bridgehead atoms. The van der Waals surface area contributed by atoms with Gasteiger partial charge < -0.3 is 10.2 Å². The molecule has 3 heteroatoms. The van der Waals surface area contributed by atoms with Crippen LogP contribution < -0.4 is 0 Å². The standard InChI is InChI=1S/C22H34O3/c1-2-3-4-5-6-7-8-9-10-11-12-13-15-18-21(23)19-16-14-17-20-22(24)25/h6-7,9-10,12-16,18,21,23H,2-5,8,11,17,19-20H2,1H3,(H,24,25)/b7-6-,10-9-,13-12-,16-14-,18-15+. The molecule has 0 rings (SSSR count). The van der Waals surface area contributed by atoms with Gasteiger partial charge in [0.2, 0.25) is 0 Å². The lowest BCUT2D eigenvalue weighted by atomic mass is 10.2. The number of allylic oxidation sites excluding steroid dienone is 8. The summed E-state index contributed by atoms with van der Waals surface area (Å²) < 4.78 is 0. The number of unbranched alkanes of at least 4 members (excludes halogenated alkanes) is 3. The van der Waals surface area contributed by atoms with E-state index >= 15 is 0 Å². The van der Waals surface area contributed by atoms with Crippen molar-refractivity contribution in [1.82, 2.24) is 0 Å². The molecule has 0 aliphatic rings. The highest BCUT2D eigenvalue weighted by atomic mass is 16.4. The van der Waals surface area contributed by atoms with E-state index in [0.29, 0.717) is 12.8 Å². The van der Waals surface area contributed by atoms with Crippen molar-refractivity contribution in [2.45, 2.75) is 70.8 Å². The third-order valence-corrected chi connectivity index (χ3v) is 3.50. The minimum Gasteiger partial charge on any atom is -0.481 e. The summed E-state index contributed by atoms with van der Waals surface area (Å²) in [6.45, 7) is 2.22. The molecule has 2 N–H and O–H groups in total. The van der Waals surface area contributed by atoms with Crippen LogP contribution in [0.1, 0.15) is 64.7 Å². The zero-order valence-electron chi connectivity index (χ0n) is 15.5. The second-order valence-electron chi connectivity index (χ2n) is 5.93. The molecule has 0 saturated carbocycles. The Morgan fingerprint density at radius 1 is 0.880 bits per heavy atom. The molecular weight excluding hydrogens is 312 g/mol. The minimum absolute atomic E-state index is 0.132. The van der Waals surface area contributed by atoms with Gasteiger partial charge in [-0.15, -0.1) is 0 Å². The van der Waals surface area contributed by atoms with Gasteiger partial charge in [0.25, 0.3) is 0 Å². The number of carbonyl (C=O) groups is 1. The summed E-state index contributed by atoms with van der Waals surface area (Å²) >= 11 is 0. The van der Waals surface area contributed by atoms with Gasteiger partial charge in [0.15, 0.2) is 0 Å². The third kappa shape index (κ3) is 20.1. The van der Waals surface area contributed by atoms with Crippen LogP contribution in [0.15, 0.2) is 60.8 Å². The molecule has 140 valence electrons. The maximum Gasteiger partial charge on any atom is 0.303 e. The molecule has 0 heterocycles. The van der Waals surface area contributed by atoms with Gasteiger partial charge in [-0.05, 0) is 38.5 Å². The van der Waals surface area contributed by atoms with Crippen molar-refractivity contribution in [3.63, 3.8) is 0 Å². The molecule has 0 radical (unpaired) electrons. The highest BCUT2D eigenvalue weighted by Crippen LogP contribution is 2.01. The van der Waals surface area contributed by atoms with Gasteiger partial charge in [-0.2, -0.15) is 0 Å². The van der Waals surface area contributed by atoms with Crippen LogP contribution in [0, 0.1) is 0 Å². The Bertz CT molecular complexity index is 456. The Balaban J connectivity index is 3.66. The van der Waals surface area contributed by atoms with Crippen LogP contribution in [-0.4, -0.2) is 22.3 Å². The van der Waals surface area contributed by atoms with Crippen molar-refractivity contribution < 1.29 is 15.0 Å². The highest BCUT2D eigenvalue weighted by Gasteiger charge is 1.95. The summed E-state index contributed by atoms with van der Waals surface area (Å²) in [5.41, 5.74) is 0. The second kappa shape index (κ2) is 18.5. The first-order chi connectivity index (χ1) is 12.2. The summed E-state index contributed by atoms with van der Waals surface area (Å²) in [6, 6.07) is 0. The Labute approximate surface area is 153 Å².